The Morgan fingerprint density at radius 2 is 2.11 bits per heavy atom. The van der Waals surface area contributed by atoms with Crippen LogP contribution in [0.5, 0.6) is 0 Å². The third-order valence-corrected chi connectivity index (χ3v) is 2.81. The number of carbonyl (C=O) groups excluding carboxylic acids is 2. The Morgan fingerprint density at radius 3 is 2.68 bits per heavy atom. The Hall–Kier alpha value is -1.83. The summed E-state index contributed by atoms with van der Waals surface area (Å²) < 4.78 is 0. The normalized spacial score (nSPS) is 18.8. The largest absolute Gasteiger partial charge is 0.479 e. The van der Waals surface area contributed by atoms with E-state index in [2.05, 4.69) is 10.3 Å². The smallest absolute Gasteiger partial charge is 0.332 e. The van der Waals surface area contributed by atoms with Crippen molar-refractivity contribution >= 4 is 17.9 Å². The lowest BCUT2D eigenvalue weighted by atomic mass is 9.98. The van der Waals surface area contributed by atoms with Gasteiger partial charge in [-0.1, -0.05) is 0 Å². The number of amides is 3. The first-order valence-electron chi connectivity index (χ1n) is 6.01. The van der Waals surface area contributed by atoms with Crippen LogP contribution in [0.15, 0.2) is 0 Å². The number of piperidine rings is 1. The summed E-state index contributed by atoms with van der Waals surface area (Å²) in [5, 5.41) is 8.38. The molecule has 0 radical (unpaired) electrons. The molecule has 0 saturated carbocycles. The molecule has 108 valence electrons. The summed E-state index contributed by atoms with van der Waals surface area (Å²) in [7, 11) is 3.31. The first-order chi connectivity index (χ1) is 8.91. The molecule has 1 fully saturated rings. The molecule has 0 aromatic carbocycles. The molecule has 0 aliphatic carbocycles. The molecule has 1 rings (SSSR count). The lowest BCUT2D eigenvalue weighted by Gasteiger charge is -2.33. The quantitative estimate of drug-likeness (QED) is 0.673. The molecule has 8 heteroatoms. The number of hydrogen-bond acceptors (Lipinski definition) is 4. The molecule has 8 nitrogen and oxygen atoms in total. The van der Waals surface area contributed by atoms with Crippen LogP contribution >= 0.6 is 0 Å². The molecule has 0 spiro atoms. The van der Waals surface area contributed by atoms with E-state index >= 15 is 0 Å². The maximum absolute atomic E-state index is 11.8. The lowest BCUT2D eigenvalue weighted by Crippen LogP contribution is -2.48. The molecule has 1 saturated heterocycles. The number of carboxylic acids is 1. The zero-order valence-corrected chi connectivity index (χ0v) is 11.1. The number of rotatable bonds is 4. The van der Waals surface area contributed by atoms with Crippen LogP contribution in [-0.2, 0) is 14.4 Å². The molecule has 1 unspecified atom stereocenters. The van der Waals surface area contributed by atoms with E-state index in [1.54, 1.807) is 19.0 Å². The number of likely N-dealkylation sites (tertiary alicyclic amines) is 1. The highest BCUT2D eigenvalue weighted by Crippen LogP contribution is 2.17. The summed E-state index contributed by atoms with van der Waals surface area (Å²) in [4.78, 5) is 41.4. The fourth-order valence-corrected chi connectivity index (χ4v) is 1.90. The summed E-state index contributed by atoms with van der Waals surface area (Å²) in [5.41, 5.74) is 2.10. The third-order valence-electron chi connectivity index (χ3n) is 2.81. The number of hydrogen-bond donors (Lipinski definition) is 2. The summed E-state index contributed by atoms with van der Waals surface area (Å²) in [6.45, 7) is 0.356. The second kappa shape index (κ2) is 6.93. The summed E-state index contributed by atoms with van der Waals surface area (Å²) in [6, 6.07) is -0.135. The molecule has 0 bridgehead atoms. The first-order valence-corrected chi connectivity index (χ1v) is 6.01. The molecule has 1 heterocycles. The maximum Gasteiger partial charge on any atom is 0.332 e. The van der Waals surface area contributed by atoms with Crippen molar-refractivity contribution in [1.82, 2.24) is 15.3 Å². The van der Waals surface area contributed by atoms with E-state index in [0.717, 1.165) is 6.42 Å². The number of carbonyl (C=O) groups is 3. The predicted octanol–water partition coefficient (Wildman–Crippen LogP) is -0.488. The molecule has 0 aromatic heterocycles. The van der Waals surface area contributed by atoms with Crippen molar-refractivity contribution in [3.05, 3.63) is 0 Å². The van der Waals surface area contributed by atoms with Gasteiger partial charge in [0.2, 0.25) is 5.91 Å². The van der Waals surface area contributed by atoms with Crippen LogP contribution in [0.3, 0.4) is 0 Å². The van der Waals surface area contributed by atoms with Crippen molar-refractivity contribution in [1.29, 1.82) is 0 Å². The Bertz CT molecular complexity index is 358. The topological polar surface area (TPSA) is 99.2 Å². The standard InChI is InChI=1S/C11H19N3O5/c1-13(2)11(18)14-5-3-4-8(6-14)10(17)12-19-7-9(15)16/h8H,3-7H2,1-2H3,(H,12,17)(H,15,16). The van der Waals surface area contributed by atoms with Crippen LogP contribution < -0.4 is 5.48 Å². The van der Waals surface area contributed by atoms with Gasteiger partial charge in [-0.25, -0.2) is 15.1 Å². The molecule has 0 aromatic rings. The lowest BCUT2D eigenvalue weighted by molar-refractivity contribution is -0.151. The van der Waals surface area contributed by atoms with Gasteiger partial charge in [0, 0.05) is 27.2 Å². The minimum atomic E-state index is -1.16. The number of carboxylic acid groups (broad SMARTS) is 1. The van der Waals surface area contributed by atoms with Gasteiger partial charge in [0.1, 0.15) is 0 Å². The zero-order valence-electron chi connectivity index (χ0n) is 11.1. The summed E-state index contributed by atoms with van der Waals surface area (Å²) in [5.74, 6) is -1.92. The Morgan fingerprint density at radius 1 is 1.42 bits per heavy atom. The van der Waals surface area contributed by atoms with E-state index in [1.807, 2.05) is 0 Å². The van der Waals surface area contributed by atoms with Crippen LogP contribution in [0.4, 0.5) is 4.79 Å². The van der Waals surface area contributed by atoms with Crippen molar-refractivity contribution in [2.45, 2.75) is 12.8 Å². The van der Waals surface area contributed by atoms with Gasteiger partial charge in [-0.05, 0) is 12.8 Å². The summed E-state index contributed by atoms with van der Waals surface area (Å²) >= 11 is 0. The predicted molar refractivity (Wildman–Crippen MR) is 65.1 cm³/mol. The second-order valence-corrected chi connectivity index (χ2v) is 4.61. The summed E-state index contributed by atoms with van der Waals surface area (Å²) in [6.07, 6.45) is 1.38. The van der Waals surface area contributed by atoms with Crippen molar-refractivity contribution < 1.29 is 24.3 Å². The van der Waals surface area contributed by atoms with Crippen molar-refractivity contribution in [2.75, 3.05) is 33.8 Å². The number of nitrogens with one attached hydrogen (secondary N) is 1. The van der Waals surface area contributed by atoms with E-state index in [1.165, 1.54) is 4.90 Å². The minimum absolute atomic E-state index is 0.135. The Kier molecular flexibility index (Phi) is 5.56. The van der Waals surface area contributed by atoms with Crippen LogP contribution in [0.1, 0.15) is 12.8 Å². The maximum atomic E-state index is 11.8. The molecule has 2 N–H and O–H groups in total. The highest BCUT2D eigenvalue weighted by atomic mass is 16.7. The number of nitrogens with zero attached hydrogens (tertiary/aromatic N) is 2. The first kappa shape index (κ1) is 15.2. The average molecular weight is 273 g/mol. The molecule has 19 heavy (non-hydrogen) atoms. The van der Waals surface area contributed by atoms with Gasteiger partial charge in [0.25, 0.3) is 0 Å². The van der Waals surface area contributed by atoms with Crippen molar-refractivity contribution in [3.63, 3.8) is 0 Å². The van der Waals surface area contributed by atoms with E-state index in [0.29, 0.717) is 19.5 Å². The molecule has 3 amide bonds. The Balaban J connectivity index is 2.43. The number of aliphatic carboxylic acids is 1. The van der Waals surface area contributed by atoms with E-state index in [9.17, 15) is 14.4 Å². The van der Waals surface area contributed by atoms with E-state index in [-0.39, 0.29) is 11.9 Å². The third kappa shape index (κ3) is 4.74. The van der Waals surface area contributed by atoms with Gasteiger partial charge < -0.3 is 14.9 Å². The van der Waals surface area contributed by atoms with Crippen molar-refractivity contribution in [2.24, 2.45) is 5.92 Å². The monoisotopic (exact) mass is 273 g/mol. The SMILES string of the molecule is CN(C)C(=O)N1CCCC(C(=O)NOCC(=O)O)C1. The molecule has 1 aliphatic rings. The van der Waals surface area contributed by atoms with Gasteiger partial charge in [-0.3, -0.25) is 9.63 Å². The van der Waals surface area contributed by atoms with Crippen LogP contribution in [0.25, 0.3) is 0 Å². The fraction of sp³-hybridized carbons (Fsp3) is 0.727. The van der Waals surface area contributed by atoms with Crippen molar-refractivity contribution in [3.8, 4) is 0 Å². The van der Waals surface area contributed by atoms with E-state index < -0.39 is 18.5 Å². The number of urea groups is 1. The van der Waals surface area contributed by atoms with Gasteiger partial charge in [0.15, 0.2) is 6.61 Å². The van der Waals surface area contributed by atoms with Gasteiger partial charge in [0.05, 0.1) is 5.92 Å². The Labute approximate surface area is 111 Å². The second-order valence-electron chi connectivity index (χ2n) is 4.61. The molecular weight excluding hydrogens is 254 g/mol. The van der Waals surface area contributed by atoms with Crippen LogP contribution in [0.2, 0.25) is 0 Å². The highest BCUT2D eigenvalue weighted by molar-refractivity contribution is 5.80. The van der Waals surface area contributed by atoms with Crippen LogP contribution in [-0.4, -0.2) is 66.6 Å². The minimum Gasteiger partial charge on any atom is -0.479 e. The average Bonchev–Trinajstić information content (AvgIpc) is 2.37. The van der Waals surface area contributed by atoms with Crippen LogP contribution in [0, 0.1) is 5.92 Å². The van der Waals surface area contributed by atoms with Gasteiger partial charge >= 0.3 is 12.0 Å². The van der Waals surface area contributed by atoms with E-state index in [4.69, 9.17) is 5.11 Å². The fourth-order valence-electron chi connectivity index (χ4n) is 1.90. The zero-order chi connectivity index (χ0) is 14.4. The highest BCUT2D eigenvalue weighted by Gasteiger charge is 2.29. The number of hydroxylamine groups is 1. The molecule has 1 atom stereocenters. The van der Waals surface area contributed by atoms with Gasteiger partial charge in [-0.15, -0.1) is 0 Å². The van der Waals surface area contributed by atoms with Gasteiger partial charge in [-0.2, -0.15) is 0 Å². The molecular formula is C11H19N3O5. The molecule has 1 aliphatic heterocycles.